The van der Waals surface area contributed by atoms with E-state index in [9.17, 15) is 4.79 Å². The average Bonchev–Trinajstić information content (AvgIpc) is 3.05. The van der Waals surface area contributed by atoms with Crippen molar-refractivity contribution in [2.45, 2.75) is 6.92 Å². The van der Waals surface area contributed by atoms with Crippen molar-refractivity contribution in [3.05, 3.63) is 46.4 Å². The van der Waals surface area contributed by atoms with Gasteiger partial charge in [-0.05, 0) is 19.1 Å². The van der Waals surface area contributed by atoms with Gasteiger partial charge in [-0.2, -0.15) is 4.52 Å². The molecule has 0 amide bonds. The van der Waals surface area contributed by atoms with Crippen molar-refractivity contribution in [2.24, 2.45) is 0 Å². The second-order valence-electron chi connectivity index (χ2n) is 4.49. The van der Waals surface area contributed by atoms with Crippen molar-refractivity contribution in [3.8, 4) is 11.4 Å². The van der Waals surface area contributed by atoms with Gasteiger partial charge in [0.25, 0.3) is 5.56 Å². The number of nitrogens with one attached hydrogen (secondary N) is 1. The van der Waals surface area contributed by atoms with Crippen LogP contribution in [0, 0.1) is 6.92 Å². The van der Waals surface area contributed by atoms with Crippen molar-refractivity contribution >= 4 is 16.6 Å². The molecule has 0 unspecified atom stereocenters. The van der Waals surface area contributed by atoms with Gasteiger partial charge in [-0.1, -0.05) is 22.5 Å². The second kappa shape index (κ2) is 3.77. The van der Waals surface area contributed by atoms with Crippen molar-refractivity contribution in [3.63, 3.8) is 0 Å². The van der Waals surface area contributed by atoms with Gasteiger partial charge in [-0.15, -0.1) is 5.10 Å². The van der Waals surface area contributed by atoms with Gasteiger partial charge in [0.05, 0.1) is 10.9 Å². The molecule has 3 heterocycles. The van der Waals surface area contributed by atoms with Gasteiger partial charge in [-0.25, -0.2) is 0 Å². The standard InChI is InChI=1S/C13H9N5O2/c1-7-6-9(16-20-7)11-12-14-13(19)8-4-2-3-5-10(8)18(12)17-15-11/h2-6H,1H3,(H,14,19). The van der Waals surface area contributed by atoms with E-state index < -0.39 is 0 Å². The van der Waals surface area contributed by atoms with E-state index in [1.54, 1.807) is 23.6 Å². The van der Waals surface area contributed by atoms with Gasteiger partial charge < -0.3 is 9.51 Å². The number of hydrogen-bond acceptors (Lipinski definition) is 5. The van der Waals surface area contributed by atoms with Crippen LogP contribution in [0.1, 0.15) is 5.76 Å². The average molecular weight is 267 g/mol. The van der Waals surface area contributed by atoms with Crippen LogP contribution in [0.15, 0.2) is 39.6 Å². The maximum atomic E-state index is 12.1. The zero-order chi connectivity index (χ0) is 13.7. The molecule has 0 atom stereocenters. The molecule has 1 aromatic carbocycles. The summed E-state index contributed by atoms with van der Waals surface area (Å²) >= 11 is 0. The third-order valence-electron chi connectivity index (χ3n) is 3.15. The van der Waals surface area contributed by atoms with Crippen molar-refractivity contribution in [1.82, 2.24) is 25.0 Å². The number of aromatic nitrogens is 5. The van der Waals surface area contributed by atoms with Gasteiger partial charge in [0, 0.05) is 6.07 Å². The normalized spacial score (nSPS) is 11.4. The molecule has 0 fully saturated rings. The lowest BCUT2D eigenvalue weighted by molar-refractivity contribution is 0.399. The third kappa shape index (κ3) is 1.40. The van der Waals surface area contributed by atoms with Crippen LogP contribution >= 0.6 is 0 Å². The number of para-hydroxylation sites is 1. The highest BCUT2D eigenvalue weighted by atomic mass is 16.5. The fourth-order valence-electron chi connectivity index (χ4n) is 2.24. The summed E-state index contributed by atoms with van der Waals surface area (Å²) in [6.07, 6.45) is 0. The largest absolute Gasteiger partial charge is 0.361 e. The summed E-state index contributed by atoms with van der Waals surface area (Å²) in [5, 5.41) is 12.6. The van der Waals surface area contributed by atoms with Gasteiger partial charge in [-0.3, -0.25) is 4.79 Å². The minimum Gasteiger partial charge on any atom is -0.361 e. The van der Waals surface area contributed by atoms with E-state index in [0.29, 0.717) is 33.7 Å². The van der Waals surface area contributed by atoms with Crippen LogP contribution in [0.5, 0.6) is 0 Å². The van der Waals surface area contributed by atoms with Crippen molar-refractivity contribution in [1.29, 1.82) is 0 Å². The topological polar surface area (TPSA) is 89.1 Å². The van der Waals surface area contributed by atoms with E-state index in [2.05, 4.69) is 20.5 Å². The molecule has 4 aromatic rings. The van der Waals surface area contributed by atoms with Crippen LogP contribution in [0.25, 0.3) is 27.9 Å². The molecule has 0 saturated heterocycles. The van der Waals surface area contributed by atoms with E-state index in [0.717, 1.165) is 0 Å². The Morgan fingerprint density at radius 3 is 2.95 bits per heavy atom. The zero-order valence-corrected chi connectivity index (χ0v) is 10.5. The molecule has 20 heavy (non-hydrogen) atoms. The van der Waals surface area contributed by atoms with E-state index in [-0.39, 0.29) is 5.56 Å². The molecule has 7 nitrogen and oxygen atoms in total. The van der Waals surface area contributed by atoms with E-state index in [1.165, 1.54) is 0 Å². The minimum absolute atomic E-state index is 0.183. The van der Waals surface area contributed by atoms with Crippen LogP contribution in [0.2, 0.25) is 0 Å². The fraction of sp³-hybridized carbons (Fsp3) is 0.0769. The Bertz CT molecular complexity index is 995. The first-order chi connectivity index (χ1) is 9.74. The quantitative estimate of drug-likeness (QED) is 0.565. The Hall–Kier alpha value is -2.96. The van der Waals surface area contributed by atoms with E-state index in [1.807, 2.05) is 18.2 Å². The first kappa shape index (κ1) is 10.9. The summed E-state index contributed by atoms with van der Waals surface area (Å²) in [5.41, 5.74) is 2.05. The number of fused-ring (bicyclic) bond motifs is 3. The molecule has 3 aromatic heterocycles. The highest BCUT2D eigenvalue weighted by Gasteiger charge is 2.15. The smallest absolute Gasteiger partial charge is 0.259 e. The molecule has 7 heteroatoms. The summed E-state index contributed by atoms with van der Waals surface area (Å²) in [5.74, 6) is 0.671. The molecular formula is C13H9N5O2. The van der Waals surface area contributed by atoms with Gasteiger partial charge in [0.1, 0.15) is 11.5 Å². The lowest BCUT2D eigenvalue weighted by Gasteiger charge is -1.99. The molecule has 0 bridgehead atoms. The lowest BCUT2D eigenvalue weighted by atomic mass is 10.2. The molecule has 1 N–H and O–H groups in total. The van der Waals surface area contributed by atoms with Crippen LogP contribution in [0.3, 0.4) is 0 Å². The fourth-order valence-corrected chi connectivity index (χ4v) is 2.24. The molecule has 4 rings (SSSR count). The van der Waals surface area contributed by atoms with E-state index in [4.69, 9.17) is 4.52 Å². The van der Waals surface area contributed by atoms with Gasteiger partial charge in [0.15, 0.2) is 11.3 Å². The molecule has 0 saturated carbocycles. The molecule has 0 aliphatic rings. The molecule has 98 valence electrons. The van der Waals surface area contributed by atoms with Crippen LogP contribution in [-0.2, 0) is 0 Å². The Morgan fingerprint density at radius 2 is 2.15 bits per heavy atom. The summed E-state index contributed by atoms with van der Waals surface area (Å²) in [4.78, 5) is 14.9. The Morgan fingerprint density at radius 1 is 1.30 bits per heavy atom. The van der Waals surface area contributed by atoms with Crippen LogP contribution in [-0.4, -0.2) is 25.0 Å². The minimum atomic E-state index is -0.183. The first-order valence-electron chi connectivity index (χ1n) is 6.04. The molecule has 0 radical (unpaired) electrons. The number of benzene rings is 1. The van der Waals surface area contributed by atoms with Crippen molar-refractivity contribution < 1.29 is 4.52 Å². The number of nitrogens with zero attached hydrogens (tertiary/aromatic N) is 4. The highest BCUT2D eigenvalue weighted by molar-refractivity contribution is 5.83. The molecule has 0 aliphatic heterocycles. The van der Waals surface area contributed by atoms with E-state index >= 15 is 0 Å². The predicted molar refractivity (Wildman–Crippen MR) is 71.3 cm³/mol. The van der Waals surface area contributed by atoms with Crippen LogP contribution in [0.4, 0.5) is 0 Å². The summed E-state index contributed by atoms with van der Waals surface area (Å²) in [7, 11) is 0. The monoisotopic (exact) mass is 267 g/mol. The summed E-state index contributed by atoms with van der Waals surface area (Å²) in [6.45, 7) is 1.79. The second-order valence-corrected chi connectivity index (χ2v) is 4.49. The van der Waals surface area contributed by atoms with Gasteiger partial charge >= 0.3 is 0 Å². The Labute approximate surface area is 111 Å². The molecule has 0 aliphatic carbocycles. The first-order valence-corrected chi connectivity index (χ1v) is 6.04. The maximum Gasteiger partial charge on any atom is 0.259 e. The summed E-state index contributed by atoms with van der Waals surface area (Å²) in [6, 6.07) is 8.97. The number of aryl methyl sites for hydroxylation is 1. The molecule has 0 spiro atoms. The highest BCUT2D eigenvalue weighted by Crippen LogP contribution is 2.21. The Kier molecular flexibility index (Phi) is 2.06. The lowest BCUT2D eigenvalue weighted by Crippen LogP contribution is -2.10. The summed E-state index contributed by atoms with van der Waals surface area (Å²) < 4.78 is 6.63. The Balaban J connectivity index is 2.14. The maximum absolute atomic E-state index is 12.1. The number of aromatic amines is 1. The van der Waals surface area contributed by atoms with Gasteiger partial charge in [0.2, 0.25) is 0 Å². The van der Waals surface area contributed by atoms with Crippen molar-refractivity contribution in [2.75, 3.05) is 0 Å². The number of rotatable bonds is 1. The number of hydrogen-bond donors (Lipinski definition) is 1. The third-order valence-corrected chi connectivity index (χ3v) is 3.15. The SMILES string of the molecule is Cc1cc(-c2nnn3c2[nH]c(=O)c2ccccc23)no1. The molecular weight excluding hydrogens is 258 g/mol. The predicted octanol–water partition coefficient (Wildman–Crippen LogP) is 1.53. The number of H-pyrrole nitrogens is 1. The zero-order valence-electron chi connectivity index (χ0n) is 10.5. The van der Waals surface area contributed by atoms with Crippen LogP contribution < -0.4 is 5.56 Å².